The first kappa shape index (κ1) is 13.2. The highest BCUT2D eigenvalue weighted by atomic mass is 16.4. The van der Waals surface area contributed by atoms with Crippen molar-refractivity contribution in [3.8, 4) is 22.8 Å². The molecule has 3 aromatic rings. The summed E-state index contributed by atoms with van der Waals surface area (Å²) in [5.41, 5.74) is 2.57. The van der Waals surface area contributed by atoms with E-state index < -0.39 is 11.2 Å². The van der Waals surface area contributed by atoms with E-state index >= 15 is 0 Å². The average Bonchev–Trinajstić information content (AvgIpc) is 2.46. The van der Waals surface area contributed by atoms with E-state index in [-0.39, 0.29) is 16.9 Å². The molecule has 0 spiro atoms. The Bertz CT molecular complexity index is 907. The van der Waals surface area contributed by atoms with E-state index in [9.17, 15) is 15.0 Å². The Balaban J connectivity index is 2.33. The summed E-state index contributed by atoms with van der Waals surface area (Å²) in [5, 5.41) is 19.7. The predicted molar refractivity (Wildman–Crippen MR) is 80.7 cm³/mol. The molecule has 4 heteroatoms. The van der Waals surface area contributed by atoms with Crippen molar-refractivity contribution in [1.82, 2.24) is 0 Å². The van der Waals surface area contributed by atoms with Crippen molar-refractivity contribution in [3.05, 3.63) is 57.7 Å². The molecule has 0 bridgehead atoms. The fraction of sp³-hybridized carbons (Fsp3) is 0.118. The summed E-state index contributed by atoms with van der Waals surface area (Å²) in [4.78, 5) is 12.2. The Labute approximate surface area is 120 Å². The Morgan fingerprint density at radius 3 is 2.43 bits per heavy atom. The van der Waals surface area contributed by atoms with Gasteiger partial charge in [0.05, 0.1) is 5.39 Å². The van der Waals surface area contributed by atoms with E-state index in [1.54, 1.807) is 6.07 Å². The van der Waals surface area contributed by atoms with Crippen molar-refractivity contribution < 1.29 is 14.6 Å². The van der Waals surface area contributed by atoms with Crippen LogP contribution in [-0.4, -0.2) is 10.2 Å². The van der Waals surface area contributed by atoms with Crippen LogP contribution in [0.5, 0.6) is 11.5 Å². The number of fused-ring (bicyclic) bond motifs is 1. The molecular formula is C17H14O4. The molecule has 2 aromatic carbocycles. The molecule has 0 amide bonds. The Hall–Kier alpha value is -2.75. The van der Waals surface area contributed by atoms with E-state index in [2.05, 4.69) is 0 Å². The summed E-state index contributed by atoms with van der Waals surface area (Å²) in [6.45, 7) is 3.94. The number of aromatic hydroxyl groups is 2. The number of hydrogen-bond donors (Lipinski definition) is 2. The zero-order valence-corrected chi connectivity index (χ0v) is 11.7. The maximum atomic E-state index is 12.2. The summed E-state index contributed by atoms with van der Waals surface area (Å²) in [6.07, 6.45) is 0. The van der Waals surface area contributed by atoms with Gasteiger partial charge in [0, 0.05) is 5.56 Å². The number of benzene rings is 2. The molecule has 0 aliphatic rings. The summed E-state index contributed by atoms with van der Waals surface area (Å²) < 4.78 is 5.65. The van der Waals surface area contributed by atoms with Crippen molar-refractivity contribution in [2.45, 2.75) is 13.8 Å². The van der Waals surface area contributed by atoms with Crippen LogP contribution in [0, 0.1) is 13.8 Å². The standard InChI is InChI=1S/C17H14O4/c1-9-3-4-11(7-10(9)2)17-16(20)15(19)13-8-12(18)5-6-14(13)21-17/h3-8,18,20H,1-2H3. The molecule has 0 saturated carbocycles. The van der Waals surface area contributed by atoms with Crippen molar-refractivity contribution in [2.75, 3.05) is 0 Å². The molecule has 0 unspecified atom stereocenters. The van der Waals surface area contributed by atoms with Crippen LogP contribution >= 0.6 is 0 Å². The van der Waals surface area contributed by atoms with Gasteiger partial charge in [-0.1, -0.05) is 12.1 Å². The normalized spacial score (nSPS) is 11.0. The minimum atomic E-state index is -0.555. The zero-order chi connectivity index (χ0) is 15.1. The van der Waals surface area contributed by atoms with Crippen molar-refractivity contribution >= 4 is 11.0 Å². The van der Waals surface area contributed by atoms with Gasteiger partial charge >= 0.3 is 0 Å². The van der Waals surface area contributed by atoms with Crippen molar-refractivity contribution in [2.24, 2.45) is 0 Å². The molecular weight excluding hydrogens is 268 g/mol. The number of aryl methyl sites for hydroxylation is 2. The molecule has 3 rings (SSSR count). The van der Waals surface area contributed by atoms with E-state index in [4.69, 9.17) is 4.42 Å². The molecule has 0 aliphatic heterocycles. The highest BCUT2D eigenvalue weighted by molar-refractivity contribution is 5.83. The third-order valence-electron chi connectivity index (χ3n) is 3.62. The van der Waals surface area contributed by atoms with E-state index in [1.165, 1.54) is 18.2 Å². The smallest absolute Gasteiger partial charge is 0.235 e. The van der Waals surface area contributed by atoms with Gasteiger partial charge in [0.15, 0.2) is 5.76 Å². The van der Waals surface area contributed by atoms with Crippen LogP contribution in [0.15, 0.2) is 45.6 Å². The monoisotopic (exact) mass is 282 g/mol. The predicted octanol–water partition coefficient (Wildman–Crippen LogP) is 3.49. The average molecular weight is 282 g/mol. The second-order valence-corrected chi connectivity index (χ2v) is 5.09. The molecule has 21 heavy (non-hydrogen) atoms. The first-order chi connectivity index (χ1) is 9.97. The van der Waals surface area contributed by atoms with Gasteiger partial charge < -0.3 is 14.6 Å². The second-order valence-electron chi connectivity index (χ2n) is 5.09. The Morgan fingerprint density at radius 2 is 1.71 bits per heavy atom. The second kappa shape index (κ2) is 4.66. The molecule has 0 atom stereocenters. The van der Waals surface area contributed by atoms with E-state index in [0.29, 0.717) is 11.1 Å². The number of rotatable bonds is 1. The van der Waals surface area contributed by atoms with Gasteiger partial charge in [-0.15, -0.1) is 0 Å². The SMILES string of the molecule is Cc1ccc(-c2oc3ccc(O)cc3c(=O)c2O)cc1C. The topological polar surface area (TPSA) is 70.7 Å². The third kappa shape index (κ3) is 2.14. The number of hydrogen-bond acceptors (Lipinski definition) is 4. The largest absolute Gasteiger partial charge is 0.508 e. The summed E-state index contributed by atoms with van der Waals surface area (Å²) in [6, 6.07) is 9.80. The lowest BCUT2D eigenvalue weighted by Crippen LogP contribution is -2.02. The molecule has 0 radical (unpaired) electrons. The van der Waals surface area contributed by atoms with Crippen LogP contribution in [0.3, 0.4) is 0 Å². The first-order valence-corrected chi connectivity index (χ1v) is 6.54. The lowest BCUT2D eigenvalue weighted by atomic mass is 10.0. The summed E-state index contributed by atoms with van der Waals surface area (Å²) >= 11 is 0. The molecule has 0 saturated heterocycles. The maximum Gasteiger partial charge on any atom is 0.235 e. The minimum Gasteiger partial charge on any atom is -0.508 e. The van der Waals surface area contributed by atoms with Gasteiger partial charge in [-0.3, -0.25) is 4.79 Å². The van der Waals surface area contributed by atoms with Crippen LogP contribution in [0.1, 0.15) is 11.1 Å². The molecule has 1 aromatic heterocycles. The van der Waals surface area contributed by atoms with Crippen LogP contribution in [-0.2, 0) is 0 Å². The quantitative estimate of drug-likeness (QED) is 0.716. The van der Waals surface area contributed by atoms with E-state index in [0.717, 1.165) is 11.1 Å². The summed E-state index contributed by atoms with van der Waals surface area (Å²) in [5.74, 6) is -0.356. The van der Waals surface area contributed by atoms with Gasteiger partial charge in [0.2, 0.25) is 11.2 Å². The van der Waals surface area contributed by atoms with Gasteiger partial charge in [-0.2, -0.15) is 0 Å². The highest BCUT2D eigenvalue weighted by Crippen LogP contribution is 2.31. The maximum absolute atomic E-state index is 12.2. The molecule has 2 N–H and O–H groups in total. The first-order valence-electron chi connectivity index (χ1n) is 6.54. The van der Waals surface area contributed by atoms with E-state index in [1.807, 2.05) is 26.0 Å². The molecule has 106 valence electrons. The van der Waals surface area contributed by atoms with Gasteiger partial charge in [-0.25, -0.2) is 0 Å². The van der Waals surface area contributed by atoms with Crippen molar-refractivity contribution in [1.29, 1.82) is 0 Å². The molecule has 1 heterocycles. The molecule has 0 fully saturated rings. The summed E-state index contributed by atoms with van der Waals surface area (Å²) in [7, 11) is 0. The lowest BCUT2D eigenvalue weighted by molar-refractivity contribution is 0.448. The fourth-order valence-corrected chi connectivity index (χ4v) is 2.25. The van der Waals surface area contributed by atoms with Crippen LogP contribution in [0.4, 0.5) is 0 Å². The van der Waals surface area contributed by atoms with Gasteiger partial charge in [0.25, 0.3) is 0 Å². The van der Waals surface area contributed by atoms with Crippen LogP contribution < -0.4 is 5.43 Å². The Morgan fingerprint density at radius 1 is 0.952 bits per heavy atom. The van der Waals surface area contributed by atoms with Crippen molar-refractivity contribution in [3.63, 3.8) is 0 Å². The lowest BCUT2D eigenvalue weighted by Gasteiger charge is -2.08. The highest BCUT2D eigenvalue weighted by Gasteiger charge is 2.16. The van der Waals surface area contributed by atoms with Crippen LogP contribution in [0.25, 0.3) is 22.3 Å². The minimum absolute atomic E-state index is 0.0480. The van der Waals surface area contributed by atoms with Crippen LogP contribution in [0.2, 0.25) is 0 Å². The fourth-order valence-electron chi connectivity index (χ4n) is 2.25. The zero-order valence-electron chi connectivity index (χ0n) is 11.7. The third-order valence-corrected chi connectivity index (χ3v) is 3.62. The van der Waals surface area contributed by atoms with Gasteiger partial charge in [0.1, 0.15) is 11.3 Å². The molecule has 0 aliphatic carbocycles. The number of phenolic OH excluding ortho intramolecular Hbond substituents is 1. The Kier molecular flexibility index (Phi) is 2.94. The number of phenols is 1. The van der Waals surface area contributed by atoms with Gasteiger partial charge in [-0.05, 0) is 49.2 Å². The molecule has 4 nitrogen and oxygen atoms in total.